The molecule has 2 heteroatoms. The van der Waals surface area contributed by atoms with Gasteiger partial charge >= 0.3 is 0 Å². The maximum absolute atomic E-state index is 5.10. The predicted octanol–water partition coefficient (Wildman–Crippen LogP) is 2.29. The first-order chi connectivity index (χ1) is 5.72. The molecular weight excluding hydrogens is 150 g/mol. The van der Waals surface area contributed by atoms with Crippen LogP contribution in [0.2, 0.25) is 0 Å². The summed E-state index contributed by atoms with van der Waals surface area (Å²) in [5.41, 5.74) is 1.10. The van der Waals surface area contributed by atoms with E-state index in [0.29, 0.717) is 5.92 Å². The number of pyridine rings is 1. The molecule has 0 radical (unpaired) electrons. The van der Waals surface area contributed by atoms with Gasteiger partial charge in [0.25, 0.3) is 0 Å². The van der Waals surface area contributed by atoms with Crippen molar-refractivity contribution in [3.63, 3.8) is 0 Å². The molecule has 0 saturated heterocycles. The molecular formula is C10H15NO. The molecule has 1 aromatic rings. The molecule has 0 saturated carbocycles. The summed E-state index contributed by atoms with van der Waals surface area (Å²) in [6.07, 6.45) is 2.80. The van der Waals surface area contributed by atoms with Gasteiger partial charge in [0.05, 0.1) is 7.11 Å². The molecule has 0 aliphatic carbocycles. The Hall–Kier alpha value is -1.05. The lowest BCUT2D eigenvalue weighted by Gasteiger charge is -2.05. The van der Waals surface area contributed by atoms with Crippen molar-refractivity contribution in [1.29, 1.82) is 0 Å². The van der Waals surface area contributed by atoms with Gasteiger partial charge in [-0.25, -0.2) is 0 Å². The Kier molecular flexibility index (Phi) is 3.09. The van der Waals surface area contributed by atoms with E-state index >= 15 is 0 Å². The summed E-state index contributed by atoms with van der Waals surface area (Å²) in [4.78, 5) is 4.25. The average Bonchev–Trinajstić information content (AvgIpc) is 2.03. The topological polar surface area (TPSA) is 22.1 Å². The van der Waals surface area contributed by atoms with E-state index in [1.54, 1.807) is 13.3 Å². The van der Waals surface area contributed by atoms with E-state index in [1.807, 2.05) is 12.1 Å². The molecule has 0 unspecified atom stereocenters. The second-order valence-corrected chi connectivity index (χ2v) is 3.28. The molecule has 0 atom stereocenters. The van der Waals surface area contributed by atoms with Crippen LogP contribution in [0.3, 0.4) is 0 Å². The molecule has 0 fully saturated rings. The summed E-state index contributed by atoms with van der Waals surface area (Å²) < 4.78 is 5.10. The number of ether oxygens (including phenoxy) is 1. The molecule has 12 heavy (non-hydrogen) atoms. The standard InChI is InChI=1S/C10H15NO/c1-8(2)6-9-7-10(12-3)4-5-11-9/h4-5,7-8H,6H2,1-3H3. The van der Waals surface area contributed by atoms with Gasteiger partial charge in [0, 0.05) is 18.0 Å². The van der Waals surface area contributed by atoms with Crippen LogP contribution in [0.25, 0.3) is 0 Å². The van der Waals surface area contributed by atoms with E-state index < -0.39 is 0 Å². The largest absolute Gasteiger partial charge is 0.497 e. The minimum atomic E-state index is 0.643. The van der Waals surface area contributed by atoms with Crippen LogP contribution in [0.4, 0.5) is 0 Å². The van der Waals surface area contributed by atoms with Crippen molar-refractivity contribution >= 4 is 0 Å². The van der Waals surface area contributed by atoms with Crippen LogP contribution in [-0.4, -0.2) is 12.1 Å². The lowest BCUT2D eigenvalue weighted by atomic mass is 10.1. The predicted molar refractivity (Wildman–Crippen MR) is 49.3 cm³/mol. The Labute approximate surface area is 73.6 Å². The highest BCUT2D eigenvalue weighted by molar-refractivity contribution is 5.22. The highest BCUT2D eigenvalue weighted by Gasteiger charge is 1.99. The van der Waals surface area contributed by atoms with Crippen LogP contribution >= 0.6 is 0 Å². The lowest BCUT2D eigenvalue weighted by Crippen LogP contribution is -1.97. The van der Waals surface area contributed by atoms with Gasteiger partial charge in [0.2, 0.25) is 0 Å². The van der Waals surface area contributed by atoms with Crippen molar-refractivity contribution in [2.75, 3.05) is 7.11 Å². The quantitative estimate of drug-likeness (QED) is 0.685. The summed E-state index contributed by atoms with van der Waals surface area (Å²) >= 11 is 0. The van der Waals surface area contributed by atoms with E-state index in [9.17, 15) is 0 Å². The van der Waals surface area contributed by atoms with E-state index in [2.05, 4.69) is 18.8 Å². The zero-order chi connectivity index (χ0) is 8.97. The smallest absolute Gasteiger partial charge is 0.122 e. The summed E-state index contributed by atoms with van der Waals surface area (Å²) in [6, 6.07) is 3.85. The van der Waals surface area contributed by atoms with Crippen LogP contribution in [0.1, 0.15) is 19.5 Å². The molecule has 0 amide bonds. The Morgan fingerprint density at radius 1 is 1.50 bits per heavy atom. The molecule has 0 bridgehead atoms. The third-order valence-electron chi connectivity index (χ3n) is 1.64. The highest BCUT2D eigenvalue weighted by atomic mass is 16.5. The van der Waals surface area contributed by atoms with Crippen molar-refractivity contribution in [1.82, 2.24) is 4.98 Å². The number of hydrogen-bond donors (Lipinski definition) is 0. The van der Waals surface area contributed by atoms with Crippen molar-refractivity contribution in [2.45, 2.75) is 20.3 Å². The molecule has 1 rings (SSSR count). The molecule has 1 heterocycles. The van der Waals surface area contributed by atoms with Crippen LogP contribution in [0.5, 0.6) is 5.75 Å². The van der Waals surface area contributed by atoms with Gasteiger partial charge in [-0.05, 0) is 18.4 Å². The Morgan fingerprint density at radius 2 is 2.25 bits per heavy atom. The summed E-state index contributed by atoms with van der Waals surface area (Å²) in [5.74, 6) is 1.53. The van der Waals surface area contributed by atoms with Gasteiger partial charge in [-0.3, -0.25) is 4.98 Å². The summed E-state index contributed by atoms with van der Waals surface area (Å²) in [7, 11) is 1.68. The zero-order valence-electron chi connectivity index (χ0n) is 7.87. The first-order valence-electron chi connectivity index (χ1n) is 4.21. The maximum Gasteiger partial charge on any atom is 0.122 e. The number of hydrogen-bond acceptors (Lipinski definition) is 2. The van der Waals surface area contributed by atoms with Crippen LogP contribution in [0, 0.1) is 5.92 Å². The molecule has 0 aliphatic heterocycles. The number of aromatic nitrogens is 1. The van der Waals surface area contributed by atoms with Crippen molar-refractivity contribution in [2.24, 2.45) is 5.92 Å². The second kappa shape index (κ2) is 4.10. The minimum absolute atomic E-state index is 0.643. The van der Waals surface area contributed by atoms with Gasteiger partial charge in [0.15, 0.2) is 0 Å². The van der Waals surface area contributed by atoms with E-state index in [4.69, 9.17) is 4.74 Å². The fraction of sp³-hybridized carbons (Fsp3) is 0.500. The zero-order valence-corrected chi connectivity index (χ0v) is 7.87. The first kappa shape index (κ1) is 9.04. The fourth-order valence-electron chi connectivity index (χ4n) is 1.11. The van der Waals surface area contributed by atoms with E-state index in [0.717, 1.165) is 17.9 Å². The molecule has 0 N–H and O–H groups in total. The van der Waals surface area contributed by atoms with Crippen LogP contribution in [-0.2, 0) is 6.42 Å². The third-order valence-corrected chi connectivity index (χ3v) is 1.64. The Bertz CT molecular complexity index is 245. The maximum atomic E-state index is 5.10. The molecule has 0 aromatic carbocycles. The Balaban J connectivity index is 2.72. The van der Waals surface area contributed by atoms with Gasteiger partial charge < -0.3 is 4.74 Å². The van der Waals surface area contributed by atoms with Crippen molar-refractivity contribution in [3.05, 3.63) is 24.0 Å². The van der Waals surface area contributed by atoms with E-state index in [-0.39, 0.29) is 0 Å². The normalized spacial score (nSPS) is 10.3. The van der Waals surface area contributed by atoms with Gasteiger partial charge in [-0.2, -0.15) is 0 Å². The summed E-state index contributed by atoms with van der Waals surface area (Å²) in [6.45, 7) is 4.36. The number of methoxy groups -OCH3 is 1. The monoisotopic (exact) mass is 165 g/mol. The Morgan fingerprint density at radius 3 is 2.83 bits per heavy atom. The minimum Gasteiger partial charge on any atom is -0.497 e. The number of rotatable bonds is 3. The van der Waals surface area contributed by atoms with E-state index in [1.165, 1.54) is 0 Å². The van der Waals surface area contributed by atoms with Gasteiger partial charge in [-0.15, -0.1) is 0 Å². The summed E-state index contributed by atoms with van der Waals surface area (Å²) in [5, 5.41) is 0. The van der Waals surface area contributed by atoms with Crippen molar-refractivity contribution in [3.8, 4) is 5.75 Å². The number of nitrogens with zero attached hydrogens (tertiary/aromatic N) is 1. The van der Waals surface area contributed by atoms with Crippen LogP contribution < -0.4 is 4.74 Å². The average molecular weight is 165 g/mol. The molecule has 0 spiro atoms. The highest BCUT2D eigenvalue weighted by Crippen LogP contribution is 2.12. The van der Waals surface area contributed by atoms with Crippen molar-refractivity contribution < 1.29 is 4.74 Å². The first-order valence-corrected chi connectivity index (χ1v) is 4.21. The van der Waals surface area contributed by atoms with Gasteiger partial charge in [0.1, 0.15) is 5.75 Å². The lowest BCUT2D eigenvalue weighted by molar-refractivity contribution is 0.413. The fourth-order valence-corrected chi connectivity index (χ4v) is 1.11. The molecule has 2 nitrogen and oxygen atoms in total. The molecule has 66 valence electrons. The molecule has 0 aliphatic rings. The SMILES string of the molecule is COc1ccnc(CC(C)C)c1. The second-order valence-electron chi connectivity index (χ2n) is 3.28. The van der Waals surface area contributed by atoms with Gasteiger partial charge in [-0.1, -0.05) is 13.8 Å². The van der Waals surface area contributed by atoms with Crippen LogP contribution in [0.15, 0.2) is 18.3 Å². The molecule has 1 aromatic heterocycles. The third kappa shape index (κ3) is 2.53.